The molecule has 1 aliphatic heterocycles. The lowest BCUT2D eigenvalue weighted by molar-refractivity contribution is -0.142. The SMILES string of the molecule is COC(=O)CN1CC(N)CC(c2cccc(OC)c2)C1. The molecule has 2 atom stereocenters. The molecule has 110 valence electrons. The molecular weight excluding hydrogens is 256 g/mol. The quantitative estimate of drug-likeness (QED) is 0.832. The van der Waals surface area contributed by atoms with Crippen LogP contribution in [0.1, 0.15) is 17.9 Å². The molecule has 2 unspecified atom stereocenters. The third kappa shape index (κ3) is 3.71. The first-order chi connectivity index (χ1) is 9.62. The van der Waals surface area contributed by atoms with Crippen molar-refractivity contribution in [1.29, 1.82) is 0 Å². The molecule has 1 heterocycles. The molecule has 0 bridgehead atoms. The van der Waals surface area contributed by atoms with Gasteiger partial charge in [-0.2, -0.15) is 0 Å². The molecule has 0 radical (unpaired) electrons. The Hall–Kier alpha value is -1.59. The Morgan fingerprint density at radius 3 is 2.90 bits per heavy atom. The molecular formula is C15H22N2O3. The zero-order valence-electron chi connectivity index (χ0n) is 12.0. The van der Waals surface area contributed by atoms with E-state index in [-0.39, 0.29) is 12.0 Å². The van der Waals surface area contributed by atoms with Gasteiger partial charge in [-0.25, -0.2) is 0 Å². The van der Waals surface area contributed by atoms with Gasteiger partial charge in [0.15, 0.2) is 0 Å². The highest BCUT2D eigenvalue weighted by molar-refractivity contribution is 5.71. The molecule has 1 aromatic carbocycles. The van der Waals surface area contributed by atoms with E-state index in [1.54, 1.807) is 7.11 Å². The van der Waals surface area contributed by atoms with Crippen LogP contribution in [0.15, 0.2) is 24.3 Å². The fourth-order valence-corrected chi connectivity index (χ4v) is 2.75. The van der Waals surface area contributed by atoms with E-state index >= 15 is 0 Å². The second-order valence-electron chi connectivity index (χ2n) is 5.24. The smallest absolute Gasteiger partial charge is 0.319 e. The Labute approximate surface area is 119 Å². The Kier molecular flexibility index (Phi) is 4.98. The van der Waals surface area contributed by atoms with Gasteiger partial charge in [0.2, 0.25) is 0 Å². The fourth-order valence-electron chi connectivity index (χ4n) is 2.75. The average Bonchev–Trinajstić information content (AvgIpc) is 2.46. The van der Waals surface area contributed by atoms with Crippen LogP contribution in [0.5, 0.6) is 5.75 Å². The van der Waals surface area contributed by atoms with Gasteiger partial charge in [0.25, 0.3) is 0 Å². The third-order valence-corrected chi connectivity index (χ3v) is 3.70. The molecule has 0 spiro atoms. The molecule has 0 amide bonds. The number of piperidine rings is 1. The maximum absolute atomic E-state index is 11.4. The van der Waals surface area contributed by atoms with E-state index in [1.165, 1.54) is 12.7 Å². The van der Waals surface area contributed by atoms with Crippen molar-refractivity contribution in [1.82, 2.24) is 4.90 Å². The standard InChI is InChI=1S/C15H22N2O3/c1-19-14-5-3-4-11(7-14)12-6-13(16)9-17(8-12)10-15(18)20-2/h3-5,7,12-13H,6,8-10,16H2,1-2H3. The number of methoxy groups -OCH3 is 2. The summed E-state index contributed by atoms with van der Waals surface area (Å²) in [4.78, 5) is 13.5. The van der Waals surface area contributed by atoms with E-state index in [0.29, 0.717) is 12.5 Å². The molecule has 1 saturated heterocycles. The van der Waals surface area contributed by atoms with Crippen LogP contribution in [-0.4, -0.2) is 50.8 Å². The number of nitrogens with two attached hydrogens (primary N) is 1. The van der Waals surface area contributed by atoms with Crippen LogP contribution in [0.4, 0.5) is 0 Å². The highest BCUT2D eigenvalue weighted by Gasteiger charge is 2.27. The van der Waals surface area contributed by atoms with Gasteiger partial charge in [0.1, 0.15) is 5.75 Å². The minimum absolute atomic E-state index is 0.0737. The normalized spacial score (nSPS) is 23.4. The Bertz CT molecular complexity index is 464. The van der Waals surface area contributed by atoms with Crippen LogP contribution in [0.25, 0.3) is 0 Å². The van der Waals surface area contributed by atoms with Crippen molar-refractivity contribution >= 4 is 5.97 Å². The summed E-state index contributed by atoms with van der Waals surface area (Å²) in [7, 11) is 3.07. The lowest BCUT2D eigenvalue weighted by Gasteiger charge is -2.35. The lowest BCUT2D eigenvalue weighted by atomic mass is 9.88. The van der Waals surface area contributed by atoms with Gasteiger partial charge in [-0.3, -0.25) is 9.69 Å². The second-order valence-corrected chi connectivity index (χ2v) is 5.24. The molecule has 1 fully saturated rings. The van der Waals surface area contributed by atoms with Gasteiger partial charge < -0.3 is 15.2 Å². The van der Waals surface area contributed by atoms with E-state index in [2.05, 4.69) is 11.0 Å². The van der Waals surface area contributed by atoms with Gasteiger partial charge in [0, 0.05) is 19.1 Å². The van der Waals surface area contributed by atoms with Crippen LogP contribution >= 0.6 is 0 Å². The largest absolute Gasteiger partial charge is 0.497 e. The molecule has 2 rings (SSSR count). The van der Waals surface area contributed by atoms with E-state index in [1.807, 2.05) is 18.2 Å². The van der Waals surface area contributed by atoms with Crippen LogP contribution in [0.3, 0.4) is 0 Å². The molecule has 0 saturated carbocycles. The predicted molar refractivity (Wildman–Crippen MR) is 76.8 cm³/mol. The summed E-state index contributed by atoms with van der Waals surface area (Å²) in [6, 6.07) is 8.11. The number of carbonyl (C=O) groups is 1. The molecule has 2 N–H and O–H groups in total. The number of rotatable bonds is 4. The number of likely N-dealkylation sites (tertiary alicyclic amines) is 1. The van der Waals surface area contributed by atoms with Gasteiger partial charge in [-0.15, -0.1) is 0 Å². The van der Waals surface area contributed by atoms with Crippen molar-refractivity contribution in [2.75, 3.05) is 33.9 Å². The molecule has 1 aliphatic rings. The maximum atomic E-state index is 11.4. The molecule has 1 aromatic rings. The lowest BCUT2D eigenvalue weighted by Crippen LogP contribution is -2.48. The van der Waals surface area contributed by atoms with Crippen LogP contribution in [0, 0.1) is 0 Å². The van der Waals surface area contributed by atoms with Crippen LogP contribution in [0.2, 0.25) is 0 Å². The topological polar surface area (TPSA) is 64.8 Å². The van der Waals surface area contributed by atoms with Gasteiger partial charge in [-0.1, -0.05) is 12.1 Å². The Morgan fingerprint density at radius 2 is 2.20 bits per heavy atom. The highest BCUT2D eigenvalue weighted by Crippen LogP contribution is 2.28. The minimum Gasteiger partial charge on any atom is -0.497 e. The summed E-state index contributed by atoms with van der Waals surface area (Å²) in [6.45, 7) is 1.84. The van der Waals surface area contributed by atoms with Crippen molar-refractivity contribution in [2.24, 2.45) is 5.73 Å². The number of hydrogen-bond donors (Lipinski definition) is 1. The van der Waals surface area contributed by atoms with Crippen LogP contribution in [-0.2, 0) is 9.53 Å². The monoisotopic (exact) mass is 278 g/mol. The van der Waals surface area contributed by atoms with Crippen molar-refractivity contribution in [2.45, 2.75) is 18.4 Å². The Morgan fingerprint density at radius 1 is 1.40 bits per heavy atom. The summed E-state index contributed by atoms with van der Waals surface area (Å²) in [5.74, 6) is 0.947. The molecule has 5 heteroatoms. The van der Waals surface area contributed by atoms with E-state index in [0.717, 1.165) is 25.3 Å². The zero-order chi connectivity index (χ0) is 14.5. The number of esters is 1. The number of benzene rings is 1. The third-order valence-electron chi connectivity index (χ3n) is 3.70. The van der Waals surface area contributed by atoms with E-state index in [9.17, 15) is 4.79 Å². The summed E-state index contributed by atoms with van der Waals surface area (Å²) in [6.07, 6.45) is 0.921. The number of carbonyl (C=O) groups excluding carboxylic acids is 1. The van der Waals surface area contributed by atoms with Crippen molar-refractivity contribution < 1.29 is 14.3 Å². The van der Waals surface area contributed by atoms with Crippen molar-refractivity contribution in [3.05, 3.63) is 29.8 Å². The predicted octanol–water partition coefficient (Wildman–Crippen LogP) is 0.985. The van der Waals surface area contributed by atoms with Crippen molar-refractivity contribution in [3.63, 3.8) is 0 Å². The van der Waals surface area contributed by atoms with Gasteiger partial charge in [-0.05, 0) is 30.0 Å². The maximum Gasteiger partial charge on any atom is 0.319 e. The van der Waals surface area contributed by atoms with E-state index in [4.69, 9.17) is 15.2 Å². The zero-order valence-corrected chi connectivity index (χ0v) is 12.0. The highest BCUT2D eigenvalue weighted by atomic mass is 16.5. The first-order valence-corrected chi connectivity index (χ1v) is 6.81. The van der Waals surface area contributed by atoms with Crippen molar-refractivity contribution in [3.8, 4) is 5.75 Å². The number of nitrogens with zero attached hydrogens (tertiary/aromatic N) is 1. The second kappa shape index (κ2) is 6.72. The fraction of sp³-hybridized carbons (Fsp3) is 0.533. The average molecular weight is 278 g/mol. The first kappa shape index (κ1) is 14.8. The first-order valence-electron chi connectivity index (χ1n) is 6.81. The van der Waals surface area contributed by atoms with Crippen LogP contribution < -0.4 is 10.5 Å². The summed E-state index contributed by atoms with van der Waals surface area (Å²) in [5, 5.41) is 0. The summed E-state index contributed by atoms with van der Waals surface area (Å²) < 4.78 is 9.99. The minimum atomic E-state index is -0.219. The molecule has 0 aliphatic carbocycles. The number of hydrogen-bond acceptors (Lipinski definition) is 5. The molecule has 0 aromatic heterocycles. The summed E-state index contributed by atoms with van der Waals surface area (Å²) >= 11 is 0. The summed E-state index contributed by atoms with van der Waals surface area (Å²) in [5.41, 5.74) is 7.32. The van der Waals surface area contributed by atoms with E-state index < -0.39 is 0 Å². The Balaban J connectivity index is 2.08. The number of ether oxygens (including phenoxy) is 2. The van der Waals surface area contributed by atoms with Gasteiger partial charge in [0.05, 0.1) is 20.8 Å². The molecule has 5 nitrogen and oxygen atoms in total. The molecule has 20 heavy (non-hydrogen) atoms. The van der Waals surface area contributed by atoms with Gasteiger partial charge >= 0.3 is 5.97 Å².